The molecule has 36 heavy (non-hydrogen) atoms. The lowest BCUT2D eigenvalue weighted by molar-refractivity contribution is -0.143. The highest BCUT2D eigenvalue weighted by molar-refractivity contribution is 5.83. The number of carbonyl (C=O) groups is 1. The van der Waals surface area contributed by atoms with Crippen LogP contribution in [0.1, 0.15) is 55.2 Å². The van der Waals surface area contributed by atoms with Crippen molar-refractivity contribution < 1.29 is 23.4 Å². The van der Waals surface area contributed by atoms with E-state index in [4.69, 9.17) is 9.15 Å². The van der Waals surface area contributed by atoms with E-state index in [2.05, 4.69) is 0 Å². The highest BCUT2D eigenvalue weighted by atomic mass is 19.1. The van der Waals surface area contributed by atoms with Crippen molar-refractivity contribution >= 4 is 16.9 Å². The van der Waals surface area contributed by atoms with E-state index in [9.17, 15) is 19.1 Å². The summed E-state index contributed by atoms with van der Waals surface area (Å²) < 4.78 is 24.5. The molecule has 2 aromatic carbocycles. The Morgan fingerprint density at radius 1 is 1.19 bits per heavy atom. The minimum Gasteiger partial charge on any atom is -0.489 e. The molecular formula is C29H32FNO5. The van der Waals surface area contributed by atoms with Crippen molar-refractivity contribution in [3.63, 3.8) is 0 Å². The molecular weight excluding hydrogens is 461 g/mol. The number of halogens is 1. The van der Waals surface area contributed by atoms with E-state index in [-0.39, 0.29) is 30.7 Å². The molecule has 1 N–H and O–H groups in total. The van der Waals surface area contributed by atoms with E-state index in [1.54, 1.807) is 18.2 Å². The Kier molecular flexibility index (Phi) is 6.84. The predicted octanol–water partition coefficient (Wildman–Crippen LogP) is 4.91. The summed E-state index contributed by atoms with van der Waals surface area (Å²) in [6.07, 6.45) is 5.13. The van der Waals surface area contributed by atoms with Crippen molar-refractivity contribution in [1.82, 2.24) is 4.90 Å². The molecule has 2 atom stereocenters. The predicted molar refractivity (Wildman–Crippen MR) is 134 cm³/mol. The number of fused-ring (bicyclic) bond motifs is 2. The maximum absolute atomic E-state index is 13.1. The fourth-order valence-corrected chi connectivity index (χ4v) is 5.69. The van der Waals surface area contributed by atoms with Crippen LogP contribution in [0.15, 0.2) is 51.7 Å². The Morgan fingerprint density at radius 3 is 2.81 bits per heavy atom. The Morgan fingerprint density at radius 2 is 2.00 bits per heavy atom. The fraction of sp³-hybridized carbons (Fsp3) is 0.448. The molecule has 0 spiro atoms. The SMILES string of the molecule is Cc1c(CCC(=O)N2CC[C@]3(O)CCCC[C@@H]3C2)c(=O)oc2cc(OCc3ccc(F)cc3)ccc12. The molecule has 1 saturated heterocycles. The van der Waals surface area contributed by atoms with Crippen LogP contribution in [0, 0.1) is 18.7 Å². The van der Waals surface area contributed by atoms with E-state index in [0.717, 1.165) is 42.2 Å². The van der Waals surface area contributed by atoms with Gasteiger partial charge in [-0.25, -0.2) is 9.18 Å². The Hall–Kier alpha value is -3.19. The van der Waals surface area contributed by atoms with Crippen molar-refractivity contribution in [1.29, 1.82) is 0 Å². The average molecular weight is 494 g/mol. The second kappa shape index (κ2) is 10.1. The number of hydrogen-bond donors (Lipinski definition) is 1. The van der Waals surface area contributed by atoms with Crippen LogP contribution in [0.2, 0.25) is 0 Å². The van der Waals surface area contributed by atoms with Gasteiger partial charge in [-0.3, -0.25) is 4.79 Å². The number of ether oxygens (including phenoxy) is 1. The van der Waals surface area contributed by atoms with Gasteiger partial charge in [-0.2, -0.15) is 0 Å². The second-order valence-corrected chi connectivity index (χ2v) is 10.2. The third-order valence-corrected chi connectivity index (χ3v) is 7.95. The van der Waals surface area contributed by atoms with Crippen molar-refractivity contribution in [2.24, 2.45) is 5.92 Å². The third-order valence-electron chi connectivity index (χ3n) is 7.95. The highest BCUT2D eigenvalue weighted by Crippen LogP contribution is 2.40. The van der Waals surface area contributed by atoms with Gasteiger partial charge in [-0.05, 0) is 68.0 Å². The lowest BCUT2D eigenvalue weighted by Gasteiger charge is -2.47. The van der Waals surface area contributed by atoms with Gasteiger partial charge in [-0.1, -0.05) is 25.0 Å². The average Bonchev–Trinajstić information content (AvgIpc) is 2.87. The maximum Gasteiger partial charge on any atom is 0.339 e. The molecule has 7 heteroatoms. The first-order chi connectivity index (χ1) is 17.3. The van der Waals surface area contributed by atoms with Crippen LogP contribution in [0.4, 0.5) is 4.39 Å². The lowest BCUT2D eigenvalue weighted by atomic mass is 9.71. The van der Waals surface area contributed by atoms with Crippen LogP contribution in [0.3, 0.4) is 0 Å². The van der Waals surface area contributed by atoms with Crippen LogP contribution in [-0.4, -0.2) is 34.6 Å². The number of amides is 1. The molecule has 1 saturated carbocycles. The molecule has 2 aliphatic rings. The summed E-state index contributed by atoms with van der Waals surface area (Å²) in [7, 11) is 0. The van der Waals surface area contributed by atoms with Gasteiger partial charge < -0.3 is 19.2 Å². The number of carbonyl (C=O) groups excluding carboxylic acids is 1. The number of nitrogens with zero attached hydrogens (tertiary/aromatic N) is 1. The van der Waals surface area contributed by atoms with Gasteiger partial charge >= 0.3 is 5.63 Å². The van der Waals surface area contributed by atoms with Gasteiger partial charge in [0.15, 0.2) is 0 Å². The number of benzene rings is 2. The monoisotopic (exact) mass is 493 g/mol. The minimum atomic E-state index is -0.618. The molecule has 0 bridgehead atoms. The fourth-order valence-electron chi connectivity index (χ4n) is 5.69. The van der Waals surface area contributed by atoms with Crippen molar-refractivity contribution in [2.75, 3.05) is 13.1 Å². The molecule has 1 aliphatic carbocycles. The van der Waals surface area contributed by atoms with Crippen molar-refractivity contribution in [3.05, 3.63) is 75.4 Å². The molecule has 1 amide bonds. The summed E-state index contributed by atoms with van der Waals surface area (Å²) in [6.45, 7) is 3.31. The zero-order valence-corrected chi connectivity index (χ0v) is 20.6. The van der Waals surface area contributed by atoms with Gasteiger partial charge in [0, 0.05) is 42.4 Å². The summed E-state index contributed by atoms with van der Waals surface area (Å²) in [5, 5.41) is 11.7. The van der Waals surface area contributed by atoms with E-state index < -0.39 is 11.2 Å². The van der Waals surface area contributed by atoms with E-state index >= 15 is 0 Å². The normalized spacial score (nSPS) is 21.9. The van der Waals surface area contributed by atoms with E-state index in [1.807, 2.05) is 24.0 Å². The molecule has 5 rings (SSSR count). The molecule has 0 radical (unpaired) electrons. The van der Waals surface area contributed by atoms with Gasteiger partial charge in [0.25, 0.3) is 0 Å². The first-order valence-electron chi connectivity index (χ1n) is 12.8. The van der Waals surface area contributed by atoms with Crippen LogP contribution in [-0.2, 0) is 17.8 Å². The highest BCUT2D eigenvalue weighted by Gasteiger charge is 2.43. The number of aryl methyl sites for hydroxylation is 1. The topological polar surface area (TPSA) is 80.0 Å². The van der Waals surface area contributed by atoms with E-state index in [0.29, 0.717) is 42.8 Å². The third kappa shape index (κ3) is 5.03. The van der Waals surface area contributed by atoms with Gasteiger partial charge in [0.2, 0.25) is 5.91 Å². The summed E-state index contributed by atoms with van der Waals surface area (Å²) >= 11 is 0. The van der Waals surface area contributed by atoms with Crippen LogP contribution in [0.5, 0.6) is 5.75 Å². The van der Waals surface area contributed by atoms with Gasteiger partial charge in [0.1, 0.15) is 23.8 Å². The lowest BCUT2D eigenvalue weighted by Crippen LogP contribution is -2.54. The summed E-state index contributed by atoms with van der Waals surface area (Å²) in [5.41, 5.74) is 1.52. The standard InChI is InChI=1S/C29H32FNO5/c1-19-24-10-9-23(35-18-20-5-7-22(30)8-6-20)16-26(24)36-28(33)25(19)11-12-27(32)31-15-14-29(34)13-3-2-4-21(29)17-31/h5-10,16,21,34H,2-4,11-15,17-18H2,1H3/t21-,29-/m1/s1. The molecule has 0 unspecified atom stereocenters. The number of rotatable bonds is 6. The first-order valence-corrected chi connectivity index (χ1v) is 12.8. The number of hydrogen-bond acceptors (Lipinski definition) is 5. The molecule has 2 fully saturated rings. The second-order valence-electron chi connectivity index (χ2n) is 10.2. The number of aliphatic hydroxyl groups is 1. The zero-order chi connectivity index (χ0) is 25.3. The molecule has 2 heterocycles. The Labute approximate surface area is 209 Å². The van der Waals surface area contributed by atoms with Crippen molar-refractivity contribution in [3.8, 4) is 5.75 Å². The van der Waals surface area contributed by atoms with Crippen LogP contribution < -0.4 is 10.4 Å². The van der Waals surface area contributed by atoms with Crippen molar-refractivity contribution in [2.45, 2.75) is 64.1 Å². The van der Waals surface area contributed by atoms with Crippen LogP contribution >= 0.6 is 0 Å². The Balaban J connectivity index is 1.25. The minimum absolute atomic E-state index is 0.0195. The Bertz CT molecular complexity index is 1320. The van der Waals surface area contributed by atoms with Gasteiger partial charge in [-0.15, -0.1) is 0 Å². The van der Waals surface area contributed by atoms with E-state index in [1.165, 1.54) is 12.1 Å². The first kappa shape index (κ1) is 24.5. The summed E-state index contributed by atoms with van der Waals surface area (Å²) in [6, 6.07) is 11.4. The molecule has 6 nitrogen and oxygen atoms in total. The quantitative estimate of drug-likeness (QED) is 0.494. The molecule has 1 aliphatic heterocycles. The number of piperidine rings is 1. The molecule has 1 aromatic heterocycles. The number of likely N-dealkylation sites (tertiary alicyclic amines) is 1. The molecule has 3 aromatic rings. The molecule has 190 valence electrons. The maximum atomic E-state index is 13.1. The largest absolute Gasteiger partial charge is 0.489 e. The summed E-state index contributed by atoms with van der Waals surface area (Å²) in [4.78, 5) is 27.6. The summed E-state index contributed by atoms with van der Waals surface area (Å²) in [5.74, 6) is 0.415. The zero-order valence-electron chi connectivity index (χ0n) is 20.6. The van der Waals surface area contributed by atoms with Crippen LogP contribution in [0.25, 0.3) is 11.0 Å². The van der Waals surface area contributed by atoms with Gasteiger partial charge in [0.05, 0.1) is 5.60 Å². The smallest absolute Gasteiger partial charge is 0.339 e.